The summed E-state index contributed by atoms with van der Waals surface area (Å²) in [5.74, 6) is 0. The zero-order valence-electron chi connectivity index (χ0n) is 17.9. The number of pyridine rings is 1. The second-order valence-electron chi connectivity index (χ2n) is 9.68. The predicted octanol–water partition coefficient (Wildman–Crippen LogP) is 4.78. The maximum atomic E-state index is 4.61. The third-order valence-electron chi connectivity index (χ3n) is 5.56. The molecule has 1 N–H and O–H groups in total. The highest BCUT2D eigenvalue weighted by Gasteiger charge is 2.40. The molecule has 4 heteroatoms. The second-order valence-corrected chi connectivity index (χ2v) is 9.68. The molecule has 4 nitrogen and oxygen atoms in total. The molecule has 0 unspecified atom stereocenters. The van der Waals surface area contributed by atoms with Gasteiger partial charge in [-0.05, 0) is 78.6 Å². The predicted molar refractivity (Wildman–Crippen MR) is 113 cm³/mol. The number of rotatable bonds is 6. The summed E-state index contributed by atoms with van der Waals surface area (Å²) in [6.07, 6.45) is 6.40. The van der Waals surface area contributed by atoms with Crippen molar-refractivity contribution >= 4 is 0 Å². The Morgan fingerprint density at radius 3 is 2.37 bits per heavy atom. The Morgan fingerprint density at radius 1 is 1.07 bits per heavy atom. The summed E-state index contributed by atoms with van der Waals surface area (Å²) in [6, 6.07) is 11.7. The van der Waals surface area contributed by atoms with E-state index in [2.05, 4.69) is 91.8 Å². The van der Waals surface area contributed by atoms with Crippen molar-refractivity contribution in [1.29, 1.82) is 0 Å². The lowest BCUT2D eigenvalue weighted by Crippen LogP contribution is -2.62. The summed E-state index contributed by atoms with van der Waals surface area (Å²) in [5.41, 5.74) is 2.80. The largest absolute Gasteiger partial charge is 0.348 e. The smallest absolute Gasteiger partial charge is 0.0544 e. The highest BCUT2D eigenvalue weighted by Crippen LogP contribution is 2.33. The van der Waals surface area contributed by atoms with Crippen LogP contribution in [0.5, 0.6) is 0 Å². The van der Waals surface area contributed by atoms with Crippen LogP contribution < -0.4 is 5.32 Å². The Kier molecular flexibility index (Phi) is 5.78. The summed E-state index contributed by atoms with van der Waals surface area (Å²) in [7, 11) is 0. The van der Waals surface area contributed by atoms with E-state index in [1.807, 2.05) is 12.3 Å². The number of piperidine rings is 1. The van der Waals surface area contributed by atoms with Crippen molar-refractivity contribution in [1.82, 2.24) is 19.8 Å². The third-order valence-corrected chi connectivity index (χ3v) is 5.56. The fourth-order valence-electron chi connectivity index (χ4n) is 4.82. The molecular formula is C23H36N4. The minimum absolute atomic E-state index is 0.134. The maximum Gasteiger partial charge on any atom is 0.0544 e. The zero-order valence-corrected chi connectivity index (χ0v) is 17.9. The highest BCUT2D eigenvalue weighted by atomic mass is 15.2. The molecule has 0 atom stereocenters. The first-order valence-electron chi connectivity index (χ1n) is 10.2. The van der Waals surface area contributed by atoms with Gasteiger partial charge in [-0.15, -0.1) is 0 Å². The first-order valence-corrected chi connectivity index (χ1v) is 10.2. The second kappa shape index (κ2) is 7.76. The molecule has 2 aromatic rings. The molecule has 1 saturated heterocycles. The quantitative estimate of drug-likeness (QED) is 0.797. The normalized spacial score (nSPS) is 19.7. The lowest BCUT2D eigenvalue weighted by molar-refractivity contribution is 0.0540. The van der Waals surface area contributed by atoms with Crippen LogP contribution in [0.1, 0.15) is 71.8 Å². The van der Waals surface area contributed by atoms with Gasteiger partial charge in [0, 0.05) is 54.3 Å². The fraction of sp³-hybridized carbons (Fsp3) is 0.609. The Hall–Kier alpha value is -1.65. The summed E-state index contributed by atoms with van der Waals surface area (Å²) in [6.45, 7) is 15.7. The van der Waals surface area contributed by atoms with Crippen molar-refractivity contribution in [2.45, 2.75) is 90.6 Å². The maximum absolute atomic E-state index is 4.61. The van der Waals surface area contributed by atoms with Gasteiger partial charge in [-0.3, -0.25) is 9.88 Å². The molecule has 1 aliphatic heterocycles. The number of aromatic nitrogens is 2. The molecule has 1 fully saturated rings. The average molecular weight is 369 g/mol. The van der Waals surface area contributed by atoms with Gasteiger partial charge in [-0.25, -0.2) is 0 Å². The van der Waals surface area contributed by atoms with Crippen molar-refractivity contribution in [3.63, 3.8) is 0 Å². The van der Waals surface area contributed by atoms with Crippen LogP contribution in [0.15, 0.2) is 42.7 Å². The number of hydrogen-bond donors (Lipinski definition) is 1. The van der Waals surface area contributed by atoms with Crippen molar-refractivity contribution < 1.29 is 0 Å². The highest BCUT2D eigenvalue weighted by molar-refractivity contribution is 5.11. The van der Waals surface area contributed by atoms with Crippen LogP contribution in [-0.4, -0.2) is 31.6 Å². The van der Waals surface area contributed by atoms with E-state index in [1.165, 1.54) is 5.69 Å². The average Bonchev–Trinajstić information content (AvgIpc) is 3.01. The van der Waals surface area contributed by atoms with Crippen LogP contribution in [0.3, 0.4) is 0 Å². The Bertz CT molecular complexity index is 714. The van der Waals surface area contributed by atoms with Crippen LogP contribution in [0.2, 0.25) is 0 Å². The monoisotopic (exact) mass is 368 g/mol. The summed E-state index contributed by atoms with van der Waals surface area (Å²) < 4.78 is 2.39. The minimum Gasteiger partial charge on any atom is -0.348 e. The van der Waals surface area contributed by atoms with E-state index in [-0.39, 0.29) is 11.1 Å². The van der Waals surface area contributed by atoms with Crippen molar-refractivity contribution in [2.24, 2.45) is 0 Å². The van der Waals surface area contributed by atoms with E-state index in [9.17, 15) is 0 Å². The molecule has 0 aliphatic carbocycles. The molecule has 3 heterocycles. The van der Waals surface area contributed by atoms with Crippen LogP contribution >= 0.6 is 0 Å². The molecule has 0 aromatic carbocycles. The van der Waals surface area contributed by atoms with Gasteiger partial charge in [0.1, 0.15) is 0 Å². The van der Waals surface area contributed by atoms with Crippen LogP contribution in [0, 0.1) is 0 Å². The van der Waals surface area contributed by atoms with Gasteiger partial charge in [0.2, 0.25) is 0 Å². The van der Waals surface area contributed by atoms with Crippen molar-refractivity contribution in [2.75, 3.05) is 0 Å². The molecule has 0 bridgehead atoms. The van der Waals surface area contributed by atoms with Gasteiger partial charge in [-0.2, -0.15) is 0 Å². The first kappa shape index (κ1) is 20.1. The Morgan fingerprint density at radius 2 is 1.78 bits per heavy atom. The van der Waals surface area contributed by atoms with Gasteiger partial charge in [0.05, 0.1) is 5.69 Å². The molecule has 1 aliphatic rings. The lowest BCUT2D eigenvalue weighted by atomic mass is 9.79. The molecule has 148 valence electrons. The van der Waals surface area contributed by atoms with Gasteiger partial charge < -0.3 is 9.88 Å². The topological polar surface area (TPSA) is 33.1 Å². The summed E-state index contributed by atoms with van der Waals surface area (Å²) in [5, 5.41) is 3.82. The molecule has 2 aromatic heterocycles. The minimum atomic E-state index is 0.134. The standard InChI is InChI=1S/C23H36N4/c1-18(2)27-13-9-11-20(27)17-26(16-19-10-7-8-12-24-19)21-14-22(3,4)25-23(5,6)15-21/h7-13,18,21,25H,14-17H2,1-6H3. The molecular weight excluding hydrogens is 332 g/mol. The van der Waals surface area contributed by atoms with Crippen molar-refractivity contribution in [3.05, 3.63) is 54.1 Å². The SMILES string of the molecule is CC(C)n1cccc1CN(Cc1ccccn1)C1CC(C)(C)NC(C)(C)C1. The van der Waals surface area contributed by atoms with Crippen molar-refractivity contribution in [3.8, 4) is 0 Å². The number of nitrogens with zero attached hydrogens (tertiary/aromatic N) is 3. The summed E-state index contributed by atoms with van der Waals surface area (Å²) in [4.78, 5) is 7.25. The number of hydrogen-bond acceptors (Lipinski definition) is 3. The van der Waals surface area contributed by atoms with Crippen LogP contribution in [0.4, 0.5) is 0 Å². The lowest BCUT2D eigenvalue weighted by Gasteiger charge is -2.49. The molecule has 0 saturated carbocycles. The van der Waals surface area contributed by atoms with Gasteiger partial charge in [0.25, 0.3) is 0 Å². The van der Waals surface area contributed by atoms with Gasteiger partial charge in [0.15, 0.2) is 0 Å². The Labute approximate surface area is 165 Å². The zero-order chi connectivity index (χ0) is 19.7. The Balaban J connectivity index is 1.88. The van der Waals surface area contributed by atoms with E-state index in [4.69, 9.17) is 0 Å². The van der Waals surface area contributed by atoms with E-state index in [0.717, 1.165) is 31.6 Å². The van der Waals surface area contributed by atoms with Crippen LogP contribution in [0.25, 0.3) is 0 Å². The van der Waals surface area contributed by atoms with E-state index < -0.39 is 0 Å². The molecule has 3 rings (SSSR count). The summed E-state index contributed by atoms with van der Waals surface area (Å²) >= 11 is 0. The third kappa shape index (κ3) is 5.20. The molecule has 27 heavy (non-hydrogen) atoms. The van der Waals surface area contributed by atoms with Crippen LogP contribution in [-0.2, 0) is 13.1 Å². The van der Waals surface area contributed by atoms with Gasteiger partial charge >= 0.3 is 0 Å². The number of nitrogens with one attached hydrogen (secondary N) is 1. The first-order chi connectivity index (χ1) is 12.7. The fourth-order valence-corrected chi connectivity index (χ4v) is 4.82. The molecule has 0 amide bonds. The van der Waals surface area contributed by atoms with Gasteiger partial charge in [-0.1, -0.05) is 6.07 Å². The molecule has 0 spiro atoms. The van der Waals surface area contributed by atoms with E-state index >= 15 is 0 Å². The molecule has 0 radical (unpaired) electrons. The van der Waals surface area contributed by atoms with E-state index in [0.29, 0.717) is 12.1 Å². The van der Waals surface area contributed by atoms with E-state index in [1.54, 1.807) is 0 Å².